The molecule has 1 N–H and O–H groups in total. The van der Waals surface area contributed by atoms with E-state index in [9.17, 15) is 4.79 Å². The average molecular weight is 348 g/mol. The second-order valence-corrected chi connectivity index (χ2v) is 6.58. The lowest BCUT2D eigenvalue weighted by Crippen LogP contribution is -2.24. The molecule has 5 nitrogen and oxygen atoms in total. The molecule has 3 rings (SSSR count). The molecule has 134 valence electrons. The first-order valence-corrected chi connectivity index (χ1v) is 9.00. The van der Waals surface area contributed by atoms with Crippen LogP contribution in [0, 0.1) is 24.7 Å². The van der Waals surface area contributed by atoms with Gasteiger partial charge in [-0.15, -0.1) is 0 Å². The van der Waals surface area contributed by atoms with Gasteiger partial charge in [0.05, 0.1) is 12.2 Å². The van der Waals surface area contributed by atoms with E-state index in [0.29, 0.717) is 23.9 Å². The third-order valence-electron chi connectivity index (χ3n) is 4.32. The Hall–Kier alpha value is -2.87. The van der Waals surface area contributed by atoms with Gasteiger partial charge >= 0.3 is 0 Å². The van der Waals surface area contributed by atoms with Crippen molar-refractivity contribution in [3.63, 3.8) is 0 Å². The maximum atomic E-state index is 12.4. The van der Waals surface area contributed by atoms with Crippen LogP contribution in [0.2, 0.25) is 0 Å². The summed E-state index contributed by atoms with van der Waals surface area (Å²) in [5.41, 5.74) is 2.37. The number of hydrogen-bond acceptors (Lipinski definition) is 4. The summed E-state index contributed by atoms with van der Waals surface area (Å²) in [6, 6.07) is 9.33. The maximum Gasteiger partial charge on any atom is 0.251 e. The van der Waals surface area contributed by atoms with Crippen LogP contribution >= 0.6 is 0 Å². The van der Waals surface area contributed by atoms with Crippen molar-refractivity contribution in [1.29, 1.82) is 0 Å². The second-order valence-electron chi connectivity index (χ2n) is 6.58. The van der Waals surface area contributed by atoms with Gasteiger partial charge in [-0.1, -0.05) is 11.8 Å². The Morgan fingerprint density at radius 1 is 1.27 bits per heavy atom. The summed E-state index contributed by atoms with van der Waals surface area (Å²) < 4.78 is 0. The molecule has 1 aromatic carbocycles. The van der Waals surface area contributed by atoms with Crippen molar-refractivity contribution in [2.45, 2.75) is 33.2 Å². The minimum atomic E-state index is -0.117. The molecule has 1 aliphatic carbocycles. The Bertz CT molecular complexity index is 845. The van der Waals surface area contributed by atoms with Gasteiger partial charge < -0.3 is 10.2 Å². The van der Waals surface area contributed by atoms with E-state index in [1.54, 1.807) is 0 Å². The molecule has 1 saturated carbocycles. The minimum Gasteiger partial charge on any atom is -0.360 e. The van der Waals surface area contributed by atoms with Gasteiger partial charge in [-0.05, 0) is 51.0 Å². The van der Waals surface area contributed by atoms with Gasteiger partial charge in [0, 0.05) is 36.7 Å². The van der Waals surface area contributed by atoms with Crippen molar-refractivity contribution < 1.29 is 4.79 Å². The highest BCUT2D eigenvalue weighted by molar-refractivity contribution is 5.94. The molecule has 0 bridgehead atoms. The normalized spacial score (nSPS) is 12.9. The van der Waals surface area contributed by atoms with Crippen LogP contribution in [0.15, 0.2) is 30.3 Å². The van der Waals surface area contributed by atoms with E-state index < -0.39 is 0 Å². The third-order valence-corrected chi connectivity index (χ3v) is 4.32. The fourth-order valence-electron chi connectivity index (χ4n) is 2.45. The Kier molecular flexibility index (Phi) is 5.52. The molecule has 2 aromatic rings. The van der Waals surface area contributed by atoms with Gasteiger partial charge in [0.25, 0.3) is 5.91 Å². The highest BCUT2D eigenvalue weighted by Crippen LogP contribution is 2.27. The summed E-state index contributed by atoms with van der Waals surface area (Å²) in [4.78, 5) is 23.2. The molecule has 26 heavy (non-hydrogen) atoms. The summed E-state index contributed by atoms with van der Waals surface area (Å²) in [6.07, 6.45) is 2.43. The standard InChI is InChI=1S/C21H24N4O/c1-4-25(3)20-13-19(23-15(2)24-20)14-22-21(26)18-11-9-17(10-12-18)8-7-16-5-6-16/h9-13,16H,4-6,14H2,1-3H3,(H,22,26). The highest BCUT2D eigenvalue weighted by Gasteiger charge is 2.17. The number of carbonyl (C=O) groups excluding carboxylic acids is 1. The molecule has 0 atom stereocenters. The number of nitrogens with one attached hydrogen (secondary N) is 1. The van der Waals surface area contributed by atoms with Gasteiger partial charge in [-0.3, -0.25) is 4.79 Å². The van der Waals surface area contributed by atoms with Crippen molar-refractivity contribution in [2.24, 2.45) is 5.92 Å². The lowest BCUT2D eigenvalue weighted by Gasteiger charge is -2.16. The van der Waals surface area contributed by atoms with Crippen LogP contribution in [0.3, 0.4) is 0 Å². The fourth-order valence-corrected chi connectivity index (χ4v) is 2.45. The van der Waals surface area contributed by atoms with Crippen molar-refractivity contribution in [3.8, 4) is 11.8 Å². The number of aromatic nitrogens is 2. The highest BCUT2D eigenvalue weighted by atomic mass is 16.1. The second kappa shape index (κ2) is 8.01. The zero-order valence-electron chi connectivity index (χ0n) is 15.5. The van der Waals surface area contributed by atoms with Gasteiger partial charge in [0.2, 0.25) is 0 Å². The number of anilines is 1. The summed E-state index contributed by atoms with van der Waals surface area (Å²) in [7, 11) is 1.98. The monoisotopic (exact) mass is 348 g/mol. The largest absolute Gasteiger partial charge is 0.360 e. The molecule has 1 fully saturated rings. The number of carbonyl (C=O) groups is 1. The smallest absolute Gasteiger partial charge is 0.251 e. The predicted molar refractivity (Wildman–Crippen MR) is 103 cm³/mol. The first kappa shape index (κ1) is 17.9. The van der Waals surface area contributed by atoms with E-state index in [0.717, 1.165) is 23.6 Å². The molecule has 1 amide bonds. The zero-order valence-corrected chi connectivity index (χ0v) is 15.5. The summed E-state index contributed by atoms with van der Waals surface area (Å²) >= 11 is 0. The first-order chi connectivity index (χ1) is 12.5. The van der Waals surface area contributed by atoms with E-state index in [1.807, 2.05) is 49.2 Å². The third kappa shape index (κ3) is 4.82. The van der Waals surface area contributed by atoms with E-state index in [1.165, 1.54) is 12.8 Å². The van der Waals surface area contributed by atoms with Gasteiger partial charge in [0.1, 0.15) is 11.6 Å². The maximum absolute atomic E-state index is 12.4. The molecule has 0 saturated heterocycles. The number of nitrogens with zero attached hydrogens (tertiary/aromatic N) is 3. The van der Waals surface area contributed by atoms with Gasteiger partial charge in [0.15, 0.2) is 0 Å². The molecule has 0 radical (unpaired) electrons. The Morgan fingerprint density at radius 3 is 2.65 bits per heavy atom. The molecule has 0 aliphatic heterocycles. The van der Waals surface area contributed by atoms with E-state index in [4.69, 9.17) is 0 Å². The molecule has 5 heteroatoms. The van der Waals surface area contributed by atoms with Crippen LogP contribution in [-0.2, 0) is 6.54 Å². The van der Waals surface area contributed by atoms with Crippen molar-refractivity contribution in [2.75, 3.05) is 18.5 Å². The van der Waals surface area contributed by atoms with E-state index >= 15 is 0 Å². The quantitative estimate of drug-likeness (QED) is 0.844. The molecule has 1 aliphatic rings. The Morgan fingerprint density at radius 2 is 2.00 bits per heavy atom. The number of rotatable bonds is 5. The van der Waals surface area contributed by atoms with E-state index in [-0.39, 0.29) is 5.91 Å². The summed E-state index contributed by atoms with van der Waals surface area (Å²) in [5.74, 6) is 8.40. The summed E-state index contributed by atoms with van der Waals surface area (Å²) in [5, 5.41) is 2.92. The van der Waals surface area contributed by atoms with Crippen LogP contribution in [0.1, 0.15) is 47.2 Å². The van der Waals surface area contributed by atoms with Crippen molar-refractivity contribution >= 4 is 11.7 Å². The first-order valence-electron chi connectivity index (χ1n) is 9.00. The predicted octanol–water partition coefficient (Wildman–Crippen LogP) is 2.93. The Labute approximate surface area is 154 Å². The molecule has 0 unspecified atom stereocenters. The zero-order chi connectivity index (χ0) is 18.5. The molecular weight excluding hydrogens is 324 g/mol. The number of benzene rings is 1. The van der Waals surface area contributed by atoms with Crippen LogP contribution in [0.25, 0.3) is 0 Å². The van der Waals surface area contributed by atoms with Crippen molar-refractivity contribution in [3.05, 3.63) is 53.0 Å². The van der Waals surface area contributed by atoms with E-state index in [2.05, 4.69) is 34.0 Å². The lowest BCUT2D eigenvalue weighted by atomic mass is 10.1. The molecule has 1 heterocycles. The SMILES string of the molecule is CCN(C)c1cc(CNC(=O)c2ccc(C#CC3CC3)cc2)nc(C)n1. The topological polar surface area (TPSA) is 58.1 Å². The number of amides is 1. The number of aryl methyl sites for hydroxylation is 1. The molecule has 1 aromatic heterocycles. The van der Waals surface area contributed by atoms with Gasteiger partial charge in [-0.25, -0.2) is 9.97 Å². The van der Waals surface area contributed by atoms with Crippen molar-refractivity contribution in [1.82, 2.24) is 15.3 Å². The van der Waals surface area contributed by atoms with Crippen LogP contribution in [-0.4, -0.2) is 29.5 Å². The molecular formula is C21H24N4O. The Balaban J connectivity index is 1.61. The van der Waals surface area contributed by atoms with Crippen LogP contribution < -0.4 is 10.2 Å². The lowest BCUT2D eigenvalue weighted by molar-refractivity contribution is 0.0950. The van der Waals surface area contributed by atoms with Crippen LogP contribution in [0.5, 0.6) is 0 Å². The fraction of sp³-hybridized carbons (Fsp3) is 0.381. The number of hydrogen-bond donors (Lipinski definition) is 1. The summed E-state index contributed by atoms with van der Waals surface area (Å²) in [6.45, 7) is 5.16. The molecule has 0 spiro atoms. The van der Waals surface area contributed by atoms with Gasteiger partial charge in [-0.2, -0.15) is 0 Å². The minimum absolute atomic E-state index is 0.117. The van der Waals surface area contributed by atoms with Crippen LogP contribution in [0.4, 0.5) is 5.82 Å². The average Bonchev–Trinajstić information content (AvgIpc) is 3.48.